The van der Waals surface area contributed by atoms with Crippen LogP contribution in [0.2, 0.25) is 0 Å². The number of para-hydroxylation sites is 3. The van der Waals surface area contributed by atoms with Gasteiger partial charge in [-0.25, -0.2) is 0 Å². The zero-order valence-corrected chi connectivity index (χ0v) is 65.1. The van der Waals surface area contributed by atoms with E-state index in [2.05, 4.69) is 373 Å². The summed E-state index contributed by atoms with van der Waals surface area (Å²) in [6.07, 6.45) is 0. The molecule has 3 nitrogen and oxygen atoms in total. The van der Waals surface area contributed by atoms with E-state index in [1.54, 1.807) is 4.57 Å². The summed E-state index contributed by atoms with van der Waals surface area (Å²) in [4.78, 5) is 5.19. The first-order chi connectivity index (χ1) is 60.2. The molecule has 0 saturated heterocycles. The summed E-state index contributed by atoms with van der Waals surface area (Å²) >= 11 is 0. The Morgan fingerprint density at radius 1 is 0.250 bits per heavy atom. The molecule has 21 aromatic rings. The molecule has 0 amide bonds. The number of hydrogen-bond acceptors (Lipinski definition) is 2. The third-order valence-electron chi connectivity index (χ3n) is 25.0. The predicted octanol–water partition coefficient (Wildman–Crippen LogP) is 29.0. The van der Waals surface area contributed by atoms with E-state index in [1.165, 1.54) is 10.8 Å². The van der Waals surface area contributed by atoms with Crippen molar-refractivity contribution in [2.45, 2.75) is 52.4 Å². The first-order valence-electron chi connectivity index (χ1n) is 44.2. The average molecular weight is 1490 g/mol. The molecular weight excluding hydrogens is 1400 g/mol. The molecule has 116 heavy (non-hydrogen) atoms. The molecule has 0 fully saturated rings. The number of anilines is 6. The van der Waals surface area contributed by atoms with Gasteiger partial charge in [0.2, 0.25) is 0 Å². The van der Waals surface area contributed by atoms with Gasteiger partial charge in [0.05, 0.1) is 33.4 Å². The molecule has 20 aromatic carbocycles. The molecule has 0 N–H and O–H groups in total. The number of fused-ring (bicyclic) bond motifs is 19. The minimum Gasteiger partial charge on any atom is -0.310 e. The molecule has 0 unspecified atom stereocenters. The summed E-state index contributed by atoms with van der Waals surface area (Å²) < 4.78 is 79.1. The first-order valence-corrected chi connectivity index (χ1v) is 40.2. The van der Waals surface area contributed by atoms with Crippen molar-refractivity contribution in [3.05, 3.63) is 387 Å². The molecule has 546 valence electrons. The van der Waals surface area contributed by atoms with E-state index in [4.69, 9.17) is 0 Å². The van der Waals surface area contributed by atoms with E-state index in [0.29, 0.717) is 5.69 Å². The van der Waals surface area contributed by atoms with E-state index in [-0.39, 0.29) is 33.9 Å². The van der Waals surface area contributed by atoms with Crippen molar-refractivity contribution in [3.63, 3.8) is 0 Å². The van der Waals surface area contributed by atoms with Crippen molar-refractivity contribution in [2.24, 2.45) is 0 Å². The van der Waals surface area contributed by atoms with Crippen LogP contribution in [-0.2, 0) is 10.8 Å². The Hall–Kier alpha value is -14.1. The molecule has 2 aliphatic heterocycles. The molecule has 0 aliphatic carbocycles. The highest BCUT2D eigenvalue weighted by atomic mass is 15.2. The van der Waals surface area contributed by atoms with Crippen molar-refractivity contribution in [1.82, 2.24) is 4.57 Å². The van der Waals surface area contributed by atoms with Crippen LogP contribution in [0.1, 0.15) is 63.6 Å². The van der Waals surface area contributed by atoms with Gasteiger partial charge < -0.3 is 14.4 Å². The Balaban J connectivity index is 0.949. The first kappa shape index (κ1) is 59.7. The minimum absolute atomic E-state index is 0.00357. The Labute approximate surface area is 687 Å². The van der Waals surface area contributed by atoms with Crippen molar-refractivity contribution in [1.29, 1.82) is 0 Å². The van der Waals surface area contributed by atoms with Crippen molar-refractivity contribution in [2.75, 3.05) is 9.80 Å². The van der Waals surface area contributed by atoms with Gasteiger partial charge in [0.15, 0.2) is 0 Å². The predicted molar refractivity (Wildman–Crippen MR) is 499 cm³/mol. The molecule has 0 saturated carbocycles. The number of benzene rings is 20. The number of rotatable bonds is 8. The van der Waals surface area contributed by atoms with Crippen LogP contribution in [0.3, 0.4) is 0 Å². The lowest BCUT2D eigenvalue weighted by molar-refractivity contribution is 0.590. The van der Waals surface area contributed by atoms with Crippen LogP contribution in [-0.4, -0.2) is 11.3 Å². The van der Waals surface area contributed by atoms with Gasteiger partial charge in [0.1, 0.15) is 0 Å². The Morgan fingerprint density at radius 2 is 0.621 bits per heavy atom. The summed E-state index contributed by atoms with van der Waals surface area (Å²) in [5.74, 6) is 0. The molecule has 4 heteroatoms. The van der Waals surface area contributed by atoms with E-state index >= 15 is 0 Å². The van der Waals surface area contributed by atoms with Crippen LogP contribution < -0.4 is 26.2 Å². The molecule has 0 atom stereocenters. The molecule has 1 aromatic heterocycles. The fourth-order valence-corrected chi connectivity index (χ4v) is 19.6. The van der Waals surface area contributed by atoms with Gasteiger partial charge in [-0.1, -0.05) is 339 Å². The van der Waals surface area contributed by atoms with Gasteiger partial charge >= 0.3 is 0 Å². The van der Waals surface area contributed by atoms with Crippen molar-refractivity contribution < 1.29 is 11.0 Å². The molecule has 23 rings (SSSR count). The molecule has 0 radical (unpaired) electrons. The third-order valence-corrected chi connectivity index (χ3v) is 25.0. The van der Waals surface area contributed by atoms with Gasteiger partial charge in [-0.2, -0.15) is 0 Å². The lowest BCUT2D eigenvalue weighted by Crippen LogP contribution is -2.61. The lowest BCUT2D eigenvalue weighted by atomic mass is 9.33. The van der Waals surface area contributed by atoms with Crippen LogP contribution in [0.15, 0.2) is 376 Å². The number of nitrogens with zero attached hydrogens (tertiary/aromatic N) is 3. The maximum atomic E-state index is 10.1. The zero-order chi connectivity index (χ0) is 84.4. The van der Waals surface area contributed by atoms with Gasteiger partial charge in [-0.3, -0.25) is 0 Å². The van der Waals surface area contributed by atoms with E-state index in [0.717, 1.165) is 193 Å². The van der Waals surface area contributed by atoms with Crippen molar-refractivity contribution >= 4 is 165 Å². The summed E-state index contributed by atoms with van der Waals surface area (Å²) in [7, 11) is 0. The van der Waals surface area contributed by atoms with Gasteiger partial charge in [0, 0.05) is 61.5 Å². The van der Waals surface area contributed by atoms with E-state index in [1.807, 2.05) is 6.07 Å². The summed E-state index contributed by atoms with van der Waals surface area (Å²) in [5.41, 5.74) is 20.4. The van der Waals surface area contributed by atoms with Gasteiger partial charge in [-0.05, 0) is 237 Å². The highest BCUT2D eigenvalue weighted by Crippen LogP contribution is 2.58. The van der Waals surface area contributed by atoms with Gasteiger partial charge in [-0.15, -0.1) is 0 Å². The fraction of sp³-hybridized carbons (Fsp3) is 0.0714. The summed E-state index contributed by atoms with van der Waals surface area (Å²) in [5, 5.41) is 17.9. The maximum Gasteiger partial charge on any atom is 0.252 e. The Morgan fingerprint density at radius 3 is 1.06 bits per heavy atom. The SMILES string of the molecule is [2H]c1c([2H])c([2H])c2c(c1[2H])c1c([2H])c([2H])c([2H])c([2H])c1n2-c1ccc2c(c1)N(c1c(-c3cc4ccccc4c4ccccc34)cc(C(C)(C)C)cc1-c1cc3ccccc3c3ccccc13)c1cc(C(C)(C)C)cc3c1B2c1cc(-c2ccccc2)ccc1N3c1c(-c2cc3ccccc3c3ccccc23)cccc1-c1cc2ccccc2c2ccccc12. The van der Waals surface area contributed by atoms with Crippen LogP contribution >= 0.6 is 0 Å². The largest absolute Gasteiger partial charge is 0.310 e. The smallest absolute Gasteiger partial charge is 0.252 e. The Kier molecular flexibility index (Phi) is 13.2. The normalized spacial score (nSPS) is 13.8. The summed E-state index contributed by atoms with van der Waals surface area (Å²) in [6, 6.07) is 117. The third kappa shape index (κ3) is 10.3. The van der Waals surface area contributed by atoms with Crippen LogP contribution in [0, 0.1) is 0 Å². The number of aromatic nitrogens is 1. The topological polar surface area (TPSA) is 11.4 Å². The minimum atomic E-state index is -0.565. The average Bonchev–Trinajstić information content (AvgIpc) is 0.762. The molecular formula is C112H80BN3. The molecule has 0 spiro atoms. The van der Waals surface area contributed by atoms with Crippen LogP contribution in [0.5, 0.6) is 0 Å². The second-order valence-corrected chi connectivity index (χ2v) is 33.6. The number of hydrogen-bond donors (Lipinski definition) is 0. The second kappa shape index (κ2) is 25.7. The van der Waals surface area contributed by atoms with E-state index in [9.17, 15) is 11.0 Å². The zero-order valence-electron chi connectivity index (χ0n) is 73.1. The summed E-state index contributed by atoms with van der Waals surface area (Å²) in [6.45, 7) is 13.3. The molecule has 2 aliphatic rings. The fourth-order valence-electron chi connectivity index (χ4n) is 19.6. The quantitative estimate of drug-likeness (QED) is 0.111. The highest BCUT2D eigenvalue weighted by Gasteiger charge is 2.47. The standard InChI is InChI=1S/C112H80BN3/c1-111(2,3)75-64-98(96-61-73-35-12-16-39-80(73)84-43-20-24-47-88(84)96)110(99(65-75)97-62-74-36-13-17-40-81(74)85-44-21-25-48-89(85)97)116-105-68-77(114-102-53-28-26-49-90(102)91-50-27-29-54-103(91)114)56-57-100(105)113-101-63-70(69-31-8-7-9-32-69)55-58-104(101)115(106-66-76(112(4,5)6)67-107(116)108(106)113)109-92(94-59-71-33-10-14-37-78(71)82-41-18-22-45-86(82)94)51-30-52-93(109)95-60-72-34-11-15-38-79(72)83-42-19-23-46-87(83)95/h7-68H,1-6H3/i26D,27D,28D,29D,49D,50D,53D,54D. The Bertz CT molecular complexity index is 7930. The van der Waals surface area contributed by atoms with Crippen LogP contribution in [0.25, 0.3) is 169 Å². The lowest BCUT2D eigenvalue weighted by Gasteiger charge is -2.47. The second-order valence-electron chi connectivity index (χ2n) is 33.6. The highest BCUT2D eigenvalue weighted by molar-refractivity contribution is 7.00. The molecule has 0 bridgehead atoms. The molecule has 3 heterocycles. The van der Waals surface area contributed by atoms with Gasteiger partial charge in [0.25, 0.3) is 6.71 Å². The monoisotopic (exact) mass is 1490 g/mol. The maximum absolute atomic E-state index is 10.1. The van der Waals surface area contributed by atoms with Crippen LogP contribution in [0.4, 0.5) is 34.1 Å². The van der Waals surface area contributed by atoms with E-state index < -0.39 is 53.8 Å². The van der Waals surface area contributed by atoms with Crippen molar-refractivity contribution in [3.8, 4) is 61.3 Å².